The Kier molecular flexibility index (Phi) is 49.9. The Hall–Kier alpha value is -10.5. The van der Waals surface area contributed by atoms with E-state index in [0.717, 1.165) is 23.1 Å². The first-order valence-electron chi connectivity index (χ1n) is 51.2. The van der Waals surface area contributed by atoms with Gasteiger partial charge in [-0.25, -0.2) is 9.59 Å². The predicted octanol–water partition coefficient (Wildman–Crippen LogP) is 13.3. The number of carbonyl (C=O) groups is 16. The Labute approximate surface area is 842 Å². The van der Waals surface area contributed by atoms with Crippen LogP contribution in [0.2, 0.25) is 0 Å². The maximum Gasteiger partial charge on any atom is 0.410 e. The van der Waals surface area contributed by atoms with Crippen LogP contribution in [0, 0.1) is 65.1 Å². The van der Waals surface area contributed by atoms with Gasteiger partial charge in [-0.3, -0.25) is 76.9 Å². The van der Waals surface area contributed by atoms with E-state index in [-0.39, 0.29) is 188 Å². The van der Waals surface area contributed by atoms with E-state index < -0.39 is 108 Å². The van der Waals surface area contributed by atoms with E-state index in [1.54, 1.807) is 98.3 Å². The molecule has 11 amide bonds. The van der Waals surface area contributed by atoms with Crippen LogP contribution in [-0.2, 0) is 115 Å². The molecule has 7 rings (SSSR count). The highest BCUT2D eigenvalue weighted by Gasteiger charge is 2.48. The fourth-order valence-corrected chi connectivity index (χ4v) is 20.6. The Morgan fingerprint density at radius 3 is 1.27 bits per heavy atom. The summed E-state index contributed by atoms with van der Waals surface area (Å²) < 4.78 is 29.7. The number of carboxylic acids is 1. The number of unbranched alkanes of at least 4 members (excludes halogenated alkanes) is 4. The van der Waals surface area contributed by atoms with Crippen LogP contribution in [0.3, 0.4) is 0 Å². The zero-order valence-corrected chi connectivity index (χ0v) is 88.6. The van der Waals surface area contributed by atoms with Gasteiger partial charge in [0.1, 0.15) is 24.2 Å². The number of carbonyl (C=O) groups excluding carboxylic acids is 15. The number of likely N-dealkylation sites (N-methyl/N-ethyl adjacent to an activating group) is 4. The second kappa shape index (κ2) is 59.0. The van der Waals surface area contributed by atoms with E-state index in [1.165, 1.54) is 65.2 Å². The van der Waals surface area contributed by atoms with Crippen molar-refractivity contribution >= 4 is 94.3 Å². The topological polar surface area (TPSA) is 398 Å². The quantitative estimate of drug-likeness (QED) is 0.0349. The van der Waals surface area contributed by atoms with Gasteiger partial charge in [0.05, 0.1) is 85.5 Å². The van der Waals surface area contributed by atoms with Gasteiger partial charge < -0.3 is 68.6 Å². The number of Topliss-reactive ketones (excluding diaryl/α,β-unsaturated/α-hetero) is 4. The number of aliphatic hydroxyl groups excluding tert-OH is 1. The van der Waals surface area contributed by atoms with E-state index in [1.807, 2.05) is 145 Å². The Morgan fingerprint density at radius 1 is 0.451 bits per heavy atom. The summed E-state index contributed by atoms with van der Waals surface area (Å²) >= 11 is 0. The van der Waals surface area contributed by atoms with Gasteiger partial charge in [0.2, 0.25) is 35.4 Å². The number of nitrogens with zero attached hydrogens (tertiary/aromatic N) is 8. The normalized spacial score (nSPS) is 18.5. The Bertz CT molecular complexity index is 4680. The number of nitrogens with one attached hydrogen (secondary N) is 1. The predicted molar refractivity (Wildman–Crippen MR) is 540 cm³/mol. The van der Waals surface area contributed by atoms with Crippen molar-refractivity contribution in [2.24, 2.45) is 65.1 Å². The molecule has 0 radical (unpaired) electrons. The molecule has 4 aliphatic heterocycles. The highest BCUT2D eigenvalue weighted by Crippen LogP contribution is 2.37. The smallest absolute Gasteiger partial charge is 0.410 e. The molecule has 2 fully saturated rings. The van der Waals surface area contributed by atoms with Crippen molar-refractivity contribution in [3.05, 3.63) is 131 Å². The number of aliphatic hydroxyl groups is 1. The van der Waals surface area contributed by atoms with Crippen molar-refractivity contribution in [3.63, 3.8) is 0 Å². The first-order chi connectivity index (χ1) is 67.2. The molecule has 0 bridgehead atoms. The van der Waals surface area contributed by atoms with Crippen LogP contribution in [0.4, 0.5) is 4.79 Å². The average Bonchev–Trinajstić information content (AvgIpc) is 1.29. The zero-order valence-electron chi connectivity index (χ0n) is 88.6. The fourth-order valence-electron chi connectivity index (χ4n) is 20.6. The third kappa shape index (κ3) is 34.1. The van der Waals surface area contributed by atoms with E-state index >= 15 is 0 Å². The van der Waals surface area contributed by atoms with Crippen LogP contribution in [0.1, 0.15) is 254 Å². The van der Waals surface area contributed by atoms with Crippen LogP contribution in [-0.4, -0.2) is 293 Å². The van der Waals surface area contributed by atoms with E-state index in [2.05, 4.69) is 5.32 Å². The first-order valence-corrected chi connectivity index (χ1v) is 51.2. The summed E-state index contributed by atoms with van der Waals surface area (Å²) in [7, 11) is 12.6. The monoisotopic (exact) mass is 1980 g/mol. The summed E-state index contributed by atoms with van der Waals surface area (Å²) in [4.78, 5) is 225. The largest absolute Gasteiger partial charge is 0.480 e. The maximum absolute atomic E-state index is 14.7. The number of amides is 11. The molecule has 0 saturated carbocycles. The summed E-state index contributed by atoms with van der Waals surface area (Å²) in [6, 6.07) is 20.8. The fraction of sp³-hybridized carbons (Fsp3) is 0.655. The third-order valence-corrected chi connectivity index (χ3v) is 29.4. The molecular formula is C110H165N9O23. The van der Waals surface area contributed by atoms with E-state index in [0.29, 0.717) is 102 Å². The average molecular weight is 1980 g/mol. The lowest BCUT2D eigenvalue weighted by Crippen LogP contribution is -2.55. The molecule has 3 aromatic rings. The van der Waals surface area contributed by atoms with E-state index in [9.17, 15) is 86.9 Å². The highest BCUT2D eigenvalue weighted by molar-refractivity contribution is 6.13. The summed E-state index contributed by atoms with van der Waals surface area (Å²) in [6.45, 7) is 29.9. The molecule has 4 aliphatic rings. The molecule has 2 saturated heterocycles. The lowest BCUT2D eigenvalue weighted by Gasteiger charge is -2.41. The Balaban J connectivity index is 0.000000439. The number of benzene rings is 3. The summed E-state index contributed by atoms with van der Waals surface area (Å²) in [6.07, 6.45) is 9.28. The van der Waals surface area contributed by atoms with Crippen LogP contribution in [0.25, 0.3) is 0 Å². The lowest BCUT2D eigenvalue weighted by molar-refractivity contribution is -0.150. The zero-order chi connectivity index (χ0) is 106. The Morgan fingerprint density at radius 2 is 0.866 bits per heavy atom. The summed E-state index contributed by atoms with van der Waals surface area (Å²) in [5, 5.41) is 23.6. The van der Waals surface area contributed by atoms with Crippen LogP contribution in [0.5, 0.6) is 0 Å². The molecule has 0 aromatic heterocycles. The molecule has 19 atom stereocenters. The molecule has 4 heterocycles. The third-order valence-electron chi connectivity index (χ3n) is 29.4. The van der Waals surface area contributed by atoms with Crippen LogP contribution in [0.15, 0.2) is 109 Å². The molecule has 3 aromatic carbocycles. The van der Waals surface area contributed by atoms with Gasteiger partial charge in [0.15, 0.2) is 11.6 Å². The van der Waals surface area contributed by atoms with Crippen molar-refractivity contribution in [1.82, 2.24) is 44.5 Å². The SMILES string of the molecule is CC[C@H](C)[C@@H]([C@@H](CC(=O)N1CCC[C@H]1[C@H](OC)[C@@H](C)C(=O)C[C@H](C)[C@@H](O)c1ccccc1)OC)N(C)C(=O)[C@@H](CC(=O)[C@H](C(C)C)N(C)C(=O)OCc1ccc(CC(=O)CCCCCN2C(=O)C=CC2=O)cc1)C(C)C.CC[C@H](C)[C@@H]([C@@H](CC(=O)N1CCC[C@H]1[C@H](OC)[C@@H](C)C(=O)N[C@@H](Cc1ccccc1)C(=O)O)OC)N(C)C(=O)[C@@H](CC(=O)[C@H](C(C)C)N(C)C(=O)CCCCCN1C(=O)C=CC1=O)C(C)C. The molecule has 32 heteroatoms. The molecule has 0 unspecified atom stereocenters. The number of imide groups is 2. The summed E-state index contributed by atoms with van der Waals surface area (Å²) in [5.74, 6) is -8.88. The van der Waals surface area contributed by atoms with Crippen molar-refractivity contribution in [1.29, 1.82) is 0 Å². The lowest BCUT2D eigenvalue weighted by atomic mass is 9.83. The summed E-state index contributed by atoms with van der Waals surface area (Å²) in [5.41, 5.74) is 3.04. The standard InChI is InChI=1S/C60H88N4O12.C50H77N5O11/c1-13-40(6)56(51(74-11)36-54(70)63-32-20-24-48(63)58(75-12)42(8)49(66)33-41(7)57(71)45-21-16-14-17-22-45)61(9)59(72)47(38(2)3)35-50(67)55(39(4)5)62(10)60(73)76-37-44-27-25-43(26-28-44)34-46(65)23-18-15-19-31-64-52(68)29-30-53(64)69;1-12-33(6)46(40(65-10)30-44(60)54-27-19-22-38(54)47(66-11)34(7)48(61)51-37(50(63)64)28-35-20-15-13-16-21-35)53(9)49(62)36(31(2)3)29-39(56)45(32(4)5)52(8)41(57)23-17-14-18-26-55-42(58)24-25-43(55)59/h14,16-17,21-22,25-30,38-42,47-48,51,55-58,71H,13,15,18-20,23-24,31-37H2,1-12H3;13,15-16,20-21,24-25,31-34,36-38,40,45-47H,12,14,17-19,22-23,26-30H2,1-11H3,(H,51,61)(H,63,64)/t40-,41-,42-,47-,48-,51+,55-,56-,57+,58+;33-,34+,36-,37-,38-,40+,45-,46-,47+/m00/s1. The van der Waals surface area contributed by atoms with Crippen molar-refractivity contribution in [2.75, 3.05) is 82.8 Å². The van der Waals surface area contributed by atoms with Gasteiger partial charge in [-0.1, -0.05) is 214 Å². The first kappa shape index (κ1) is 120. The number of carboxylic acid groups (broad SMARTS) is 1. The van der Waals surface area contributed by atoms with Crippen molar-refractivity contribution < 1.29 is 111 Å². The van der Waals surface area contributed by atoms with Crippen LogP contribution >= 0.6 is 0 Å². The van der Waals surface area contributed by atoms with E-state index in [4.69, 9.17) is 23.7 Å². The van der Waals surface area contributed by atoms with Gasteiger partial charge >= 0.3 is 12.1 Å². The number of rotatable bonds is 60. The van der Waals surface area contributed by atoms with Gasteiger partial charge in [-0.15, -0.1) is 0 Å². The molecular weight excluding hydrogens is 1820 g/mol. The number of aliphatic carboxylic acids is 1. The van der Waals surface area contributed by atoms with Gasteiger partial charge in [0.25, 0.3) is 23.6 Å². The van der Waals surface area contributed by atoms with Crippen molar-refractivity contribution in [3.8, 4) is 0 Å². The van der Waals surface area contributed by atoms with Crippen molar-refractivity contribution in [2.45, 2.75) is 318 Å². The highest BCUT2D eigenvalue weighted by atomic mass is 16.6. The number of likely N-dealkylation sites (tertiary alicyclic amines) is 2. The number of hydrogen-bond acceptors (Lipinski definition) is 22. The number of hydrogen-bond donors (Lipinski definition) is 3. The molecule has 3 N–H and O–H groups in total. The minimum atomic E-state index is -1.16. The minimum Gasteiger partial charge on any atom is -0.480 e. The molecule has 0 spiro atoms. The van der Waals surface area contributed by atoms with Gasteiger partial charge in [-0.05, 0) is 115 Å². The van der Waals surface area contributed by atoms with Crippen LogP contribution < -0.4 is 5.32 Å². The molecule has 788 valence electrons. The molecule has 32 nitrogen and oxygen atoms in total. The minimum absolute atomic E-state index is 0.0216. The maximum atomic E-state index is 14.7. The number of ketones is 4. The number of ether oxygens (including phenoxy) is 5. The molecule has 142 heavy (non-hydrogen) atoms. The second-order valence-electron chi connectivity index (χ2n) is 40.8. The second-order valence-corrected chi connectivity index (χ2v) is 40.8. The van der Waals surface area contributed by atoms with Gasteiger partial charge in [-0.2, -0.15) is 0 Å². The van der Waals surface area contributed by atoms with Gasteiger partial charge in [0, 0.05) is 170 Å². The molecule has 0 aliphatic carbocycles. The number of methoxy groups -OCH3 is 4.